The highest BCUT2D eigenvalue weighted by molar-refractivity contribution is 7.20. The lowest BCUT2D eigenvalue weighted by molar-refractivity contribution is 0.0526. The van der Waals surface area contributed by atoms with Crippen LogP contribution in [0.3, 0.4) is 0 Å². The van der Waals surface area contributed by atoms with Gasteiger partial charge in [0, 0.05) is 11.4 Å². The number of hydrogen-bond donors (Lipinski definition) is 1. The van der Waals surface area contributed by atoms with Crippen LogP contribution in [-0.2, 0) is 22.4 Å². The molecule has 0 aliphatic carbocycles. The number of rotatable bonds is 5. The fourth-order valence-corrected chi connectivity index (χ4v) is 5.51. The summed E-state index contributed by atoms with van der Waals surface area (Å²) in [6.45, 7) is 4.77. The van der Waals surface area contributed by atoms with Crippen molar-refractivity contribution in [3.05, 3.63) is 45.3 Å². The van der Waals surface area contributed by atoms with Crippen molar-refractivity contribution in [1.29, 1.82) is 0 Å². The lowest BCUT2D eigenvalue weighted by atomic mass is 10.0. The van der Waals surface area contributed by atoms with Crippen LogP contribution in [-0.4, -0.2) is 47.6 Å². The number of fused-ring (bicyclic) bond motifs is 2. The third kappa shape index (κ3) is 4.26. The quantitative estimate of drug-likeness (QED) is 0.571. The molecule has 0 atom stereocenters. The molecule has 1 aliphatic rings. The summed E-state index contributed by atoms with van der Waals surface area (Å²) in [5, 5.41) is 3.58. The highest BCUT2D eigenvalue weighted by atomic mass is 32.1. The second-order valence-corrected chi connectivity index (χ2v) is 8.88. The van der Waals surface area contributed by atoms with Crippen molar-refractivity contribution in [3.8, 4) is 0 Å². The second-order valence-electron chi connectivity index (χ2n) is 6.74. The lowest BCUT2D eigenvalue weighted by Crippen LogP contribution is -2.36. The minimum absolute atomic E-state index is 0.226. The Labute approximate surface area is 186 Å². The zero-order chi connectivity index (χ0) is 22.0. The van der Waals surface area contributed by atoms with E-state index in [4.69, 9.17) is 9.47 Å². The van der Waals surface area contributed by atoms with Crippen molar-refractivity contribution in [1.82, 2.24) is 9.88 Å². The molecule has 2 aromatic heterocycles. The molecule has 0 bridgehead atoms. The van der Waals surface area contributed by atoms with Gasteiger partial charge in [0.15, 0.2) is 5.01 Å². The summed E-state index contributed by atoms with van der Waals surface area (Å²) in [5.41, 5.74) is 1.92. The summed E-state index contributed by atoms with van der Waals surface area (Å²) in [7, 11) is 0. The normalized spacial score (nSPS) is 13.0. The van der Waals surface area contributed by atoms with Crippen LogP contribution >= 0.6 is 22.7 Å². The number of carbonyl (C=O) groups is 3. The van der Waals surface area contributed by atoms with Gasteiger partial charge in [-0.25, -0.2) is 14.6 Å². The molecule has 1 aliphatic heterocycles. The number of thiophene rings is 1. The SMILES string of the molecule is CCOC(=O)c1c(NC(=O)c2nc3ccccc3s2)sc2c1CCN(C(=O)OCC)C2. The van der Waals surface area contributed by atoms with E-state index in [9.17, 15) is 14.4 Å². The summed E-state index contributed by atoms with van der Waals surface area (Å²) in [6, 6.07) is 7.51. The molecule has 31 heavy (non-hydrogen) atoms. The minimum Gasteiger partial charge on any atom is -0.462 e. The van der Waals surface area contributed by atoms with E-state index in [-0.39, 0.29) is 18.6 Å². The Morgan fingerprint density at radius 3 is 2.65 bits per heavy atom. The zero-order valence-corrected chi connectivity index (χ0v) is 18.7. The van der Waals surface area contributed by atoms with Crippen LogP contribution in [0.25, 0.3) is 10.2 Å². The van der Waals surface area contributed by atoms with Gasteiger partial charge in [-0.2, -0.15) is 0 Å². The Kier molecular flexibility index (Phi) is 6.19. The molecule has 0 spiro atoms. The smallest absolute Gasteiger partial charge is 0.410 e. The number of nitrogens with one attached hydrogen (secondary N) is 1. The van der Waals surface area contributed by atoms with Gasteiger partial charge >= 0.3 is 12.1 Å². The van der Waals surface area contributed by atoms with E-state index in [0.717, 1.165) is 20.7 Å². The Morgan fingerprint density at radius 2 is 1.90 bits per heavy atom. The van der Waals surface area contributed by atoms with Gasteiger partial charge in [-0.3, -0.25) is 4.79 Å². The van der Waals surface area contributed by atoms with E-state index in [1.165, 1.54) is 22.7 Å². The van der Waals surface area contributed by atoms with Crippen molar-refractivity contribution >= 4 is 55.9 Å². The van der Waals surface area contributed by atoms with Crippen molar-refractivity contribution < 1.29 is 23.9 Å². The van der Waals surface area contributed by atoms with Crippen molar-refractivity contribution in [2.24, 2.45) is 0 Å². The van der Waals surface area contributed by atoms with Crippen LogP contribution in [0.1, 0.15) is 44.4 Å². The average Bonchev–Trinajstić information content (AvgIpc) is 3.34. The van der Waals surface area contributed by atoms with Crippen LogP contribution < -0.4 is 5.32 Å². The number of thiazole rings is 1. The highest BCUT2D eigenvalue weighted by Crippen LogP contribution is 2.38. The van der Waals surface area contributed by atoms with Gasteiger partial charge in [-0.1, -0.05) is 12.1 Å². The number of aromatic nitrogens is 1. The largest absolute Gasteiger partial charge is 0.462 e. The minimum atomic E-state index is -0.482. The fraction of sp³-hybridized carbons (Fsp3) is 0.333. The van der Waals surface area contributed by atoms with Crippen LogP contribution in [0.2, 0.25) is 0 Å². The van der Waals surface area contributed by atoms with Crippen LogP contribution in [0.5, 0.6) is 0 Å². The number of anilines is 1. The van der Waals surface area contributed by atoms with Gasteiger partial charge in [0.2, 0.25) is 0 Å². The first-order chi connectivity index (χ1) is 15.0. The molecule has 1 N–H and O–H groups in total. The molecule has 10 heteroatoms. The lowest BCUT2D eigenvalue weighted by Gasteiger charge is -2.26. The number of para-hydroxylation sites is 1. The number of carbonyl (C=O) groups excluding carboxylic acids is 3. The number of esters is 1. The molecule has 3 heterocycles. The molecule has 0 unspecified atom stereocenters. The third-order valence-corrected chi connectivity index (χ3v) is 6.95. The van der Waals surface area contributed by atoms with Gasteiger partial charge in [-0.05, 0) is 38.0 Å². The molecule has 2 amide bonds. The van der Waals surface area contributed by atoms with Crippen LogP contribution in [0, 0.1) is 0 Å². The first-order valence-corrected chi connectivity index (χ1v) is 11.5. The number of hydrogen-bond acceptors (Lipinski definition) is 8. The maximum Gasteiger partial charge on any atom is 0.410 e. The molecule has 4 rings (SSSR count). The number of amides is 2. The Bertz CT molecular complexity index is 1120. The summed E-state index contributed by atoms with van der Waals surface area (Å²) in [6.07, 6.45) is 0.0924. The molecule has 1 aromatic carbocycles. The second kappa shape index (κ2) is 9.03. The highest BCUT2D eigenvalue weighted by Gasteiger charge is 2.31. The number of benzene rings is 1. The Morgan fingerprint density at radius 1 is 1.13 bits per heavy atom. The predicted molar refractivity (Wildman–Crippen MR) is 119 cm³/mol. The molecular weight excluding hydrogens is 438 g/mol. The predicted octanol–water partition coefficient (Wildman–Crippen LogP) is 4.30. The molecule has 0 saturated carbocycles. The summed E-state index contributed by atoms with van der Waals surface area (Å²) >= 11 is 2.57. The molecule has 0 fully saturated rings. The van der Waals surface area contributed by atoms with E-state index in [1.54, 1.807) is 18.7 Å². The van der Waals surface area contributed by atoms with Crippen molar-refractivity contribution in [3.63, 3.8) is 0 Å². The number of nitrogens with zero attached hydrogens (tertiary/aromatic N) is 2. The summed E-state index contributed by atoms with van der Waals surface area (Å²) in [4.78, 5) is 44.5. The Balaban J connectivity index is 1.64. The van der Waals surface area contributed by atoms with E-state index in [0.29, 0.717) is 41.7 Å². The average molecular weight is 460 g/mol. The van der Waals surface area contributed by atoms with Crippen molar-refractivity contribution in [2.45, 2.75) is 26.8 Å². The Hall–Kier alpha value is -2.98. The van der Waals surface area contributed by atoms with Crippen LogP contribution in [0.4, 0.5) is 9.80 Å². The molecular formula is C21H21N3O5S2. The maximum absolute atomic E-state index is 12.9. The van der Waals surface area contributed by atoms with Gasteiger partial charge in [0.25, 0.3) is 5.91 Å². The monoisotopic (exact) mass is 459 g/mol. The van der Waals surface area contributed by atoms with Crippen LogP contribution in [0.15, 0.2) is 24.3 Å². The number of ether oxygens (including phenoxy) is 2. The van der Waals surface area contributed by atoms with Gasteiger partial charge in [-0.15, -0.1) is 22.7 Å². The first-order valence-electron chi connectivity index (χ1n) is 9.92. The topological polar surface area (TPSA) is 97.8 Å². The third-order valence-electron chi connectivity index (χ3n) is 4.78. The molecule has 3 aromatic rings. The van der Waals surface area contributed by atoms with Gasteiger partial charge in [0.05, 0.1) is 35.5 Å². The molecule has 8 nitrogen and oxygen atoms in total. The van der Waals surface area contributed by atoms with E-state index >= 15 is 0 Å². The zero-order valence-electron chi connectivity index (χ0n) is 17.1. The molecule has 162 valence electrons. The molecule has 0 radical (unpaired) electrons. The van der Waals surface area contributed by atoms with E-state index in [1.807, 2.05) is 24.3 Å². The van der Waals surface area contributed by atoms with Gasteiger partial charge < -0.3 is 19.7 Å². The summed E-state index contributed by atoms with van der Waals surface area (Å²) < 4.78 is 11.2. The first kappa shape index (κ1) is 21.3. The molecule has 0 saturated heterocycles. The van der Waals surface area contributed by atoms with Gasteiger partial charge in [0.1, 0.15) is 5.00 Å². The van der Waals surface area contributed by atoms with E-state index < -0.39 is 5.97 Å². The standard InChI is InChI=1S/C21H21N3O5S2/c1-3-28-20(26)16-12-9-10-24(21(27)29-4-2)11-15(12)31-18(16)23-17(25)19-22-13-7-5-6-8-14(13)30-19/h5-8H,3-4,9-11H2,1-2H3,(H,23,25). The van der Waals surface area contributed by atoms with Crippen molar-refractivity contribution in [2.75, 3.05) is 25.1 Å². The van der Waals surface area contributed by atoms with E-state index in [2.05, 4.69) is 10.3 Å². The maximum atomic E-state index is 12.9. The fourth-order valence-electron chi connectivity index (χ4n) is 3.41. The summed E-state index contributed by atoms with van der Waals surface area (Å²) in [5.74, 6) is -0.864.